The Morgan fingerprint density at radius 3 is 2.64 bits per heavy atom. The van der Waals surface area contributed by atoms with Gasteiger partial charge in [-0.3, -0.25) is 4.98 Å². The molecule has 3 aromatic rings. The van der Waals surface area contributed by atoms with Crippen LogP contribution < -0.4 is 5.32 Å². The molecule has 0 bridgehead atoms. The minimum atomic E-state index is 0.403. The molecule has 0 aliphatic rings. The van der Waals surface area contributed by atoms with Crippen LogP contribution in [-0.4, -0.2) is 15.0 Å². The third-order valence-corrected chi connectivity index (χ3v) is 3.40. The van der Waals surface area contributed by atoms with Gasteiger partial charge in [-0.2, -0.15) is 0 Å². The summed E-state index contributed by atoms with van der Waals surface area (Å²) < 4.78 is 0. The lowest BCUT2D eigenvalue weighted by Gasteiger charge is -2.08. The molecule has 22 heavy (non-hydrogen) atoms. The fraction of sp³-hybridized carbons (Fsp3) is 0.118. The molecule has 2 aromatic heterocycles. The Kier molecular flexibility index (Phi) is 4.30. The summed E-state index contributed by atoms with van der Waals surface area (Å²) in [5.41, 5.74) is 3.26. The van der Waals surface area contributed by atoms with Gasteiger partial charge >= 0.3 is 0 Å². The van der Waals surface area contributed by atoms with Gasteiger partial charge < -0.3 is 5.32 Å². The number of hydrogen-bond acceptors (Lipinski definition) is 4. The summed E-state index contributed by atoms with van der Waals surface area (Å²) in [7, 11) is 0. The minimum Gasteiger partial charge on any atom is -0.366 e. The summed E-state index contributed by atoms with van der Waals surface area (Å²) in [5.74, 6) is 1.26. The van der Waals surface area contributed by atoms with E-state index in [0.717, 1.165) is 5.56 Å². The molecule has 0 amide bonds. The molecule has 0 spiro atoms. The van der Waals surface area contributed by atoms with Crippen molar-refractivity contribution in [2.75, 3.05) is 5.32 Å². The number of aromatic nitrogens is 3. The molecular formula is C17H15ClN4. The maximum absolute atomic E-state index is 6.09. The Labute approximate surface area is 134 Å². The normalized spacial score (nSPS) is 10.5. The van der Waals surface area contributed by atoms with E-state index in [1.54, 1.807) is 18.5 Å². The van der Waals surface area contributed by atoms with E-state index >= 15 is 0 Å². The molecule has 110 valence electrons. The third-order valence-electron chi connectivity index (χ3n) is 3.21. The maximum atomic E-state index is 6.09. The van der Waals surface area contributed by atoms with Crippen molar-refractivity contribution < 1.29 is 0 Å². The van der Waals surface area contributed by atoms with Crippen LogP contribution in [0.5, 0.6) is 0 Å². The van der Waals surface area contributed by atoms with Gasteiger partial charge in [-0.05, 0) is 24.6 Å². The molecular weight excluding hydrogens is 296 g/mol. The molecule has 0 aliphatic carbocycles. The number of anilines is 1. The molecule has 1 N–H and O–H groups in total. The first-order valence-electron chi connectivity index (χ1n) is 6.95. The predicted octanol–water partition coefficient (Wildman–Crippen LogP) is 4.11. The first-order valence-corrected chi connectivity index (χ1v) is 7.33. The zero-order valence-corrected chi connectivity index (χ0v) is 12.9. The van der Waals surface area contributed by atoms with Crippen molar-refractivity contribution >= 4 is 17.4 Å². The largest absolute Gasteiger partial charge is 0.366 e. The average Bonchev–Trinajstić information content (AvgIpc) is 2.55. The van der Waals surface area contributed by atoms with Crippen molar-refractivity contribution in [1.29, 1.82) is 0 Å². The van der Waals surface area contributed by atoms with Gasteiger partial charge in [-0.25, -0.2) is 9.97 Å². The molecule has 0 aliphatic heterocycles. The lowest BCUT2D eigenvalue weighted by Crippen LogP contribution is -2.03. The quantitative estimate of drug-likeness (QED) is 0.737. The maximum Gasteiger partial charge on any atom is 0.164 e. The number of benzene rings is 1. The highest BCUT2D eigenvalue weighted by Gasteiger charge is 2.06. The highest BCUT2D eigenvalue weighted by Crippen LogP contribution is 2.19. The van der Waals surface area contributed by atoms with Crippen LogP contribution in [-0.2, 0) is 6.54 Å². The van der Waals surface area contributed by atoms with Gasteiger partial charge in [-0.15, -0.1) is 0 Å². The topological polar surface area (TPSA) is 50.7 Å². The molecule has 0 saturated heterocycles. The molecule has 0 unspecified atom stereocenters. The summed E-state index contributed by atoms with van der Waals surface area (Å²) in [6.45, 7) is 2.75. The summed E-state index contributed by atoms with van der Waals surface area (Å²) in [6.07, 6.45) is 3.43. The van der Waals surface area contributed by atoms with Crippen molar-refractivity contribution in [2.24, 2.45) is 0 Å². The van der Waals surface area contributed by atoms with E-state index in [0.29, 0.717) is 23.3 Å². The zero-order valence-electron chi connectivity index (χ0n) is 12.1. The molecule has 0 saturated carbocycles. The second-order valence-electron chi connectivity index (χ2n) is 4.98. The van der Waals surface area contributed by atoms with Crippen molar-refractivity contribution in [3.63, 3.8) is 0 Å². The number of pyridine rings is 1. The standard InChI is InChI=1S/C17H15ClN4/c1-12-4-6-13(7-5-12)10-20-16-9-15(18)21-17(22-16)14-3-2-8-19-11-14/h2-9,11H,10H2,1H3,(H,20,21,22). The van der Waals surface area contributed by atoms with Crippen LogP contribution in [0.1, 0.15) is 11.1 Å². The molecule has 0 fully saturated rings. The van der Waals surface area contributed by atoms with Crippen LogP contribution in [0, 0.1) is 6.92 Å². The first-order chi connectivity index (χ1) is 10.7. The molecule has 4 nitrogen and oxygen atoms in total. The lowest BCUT2D eigenvalue weighted by atomic mass is 10.1. The molecule has 0 atom stereocenters. The SMILES string of the molecule is Cc1ccc(CNc2cc(Cl)nc(-c3cccnc3)n2)cc1. The smallest absolute Gasteiger partial charge is 0.164 e. The second kappa shape index (κ2) is 6.54. The van der Waals surface area contributed by atoms with Crippen LogP contribution in [0.2, 0.25) is 5.15 Å². The van der Waals surface area contributed by atoms with Gasteiger partial charge in [-0.1, -0.05) is 41.4 Å². The van der Waals surface area contributed by atoms with E-state index in [2.05, 4.69) is 51.5 Å². The average molecular weight is 311 g/mol. The Hall–Kier alpha value is -2.46. The summed E-state index contributed by atoms with van der Waals surface area (Å²) in [5, 5.41) is 3.68. The van der Waals surface area contributed by atoms with Gasteiger partial charge in [0.15, 0.2) is 5.82 Å². The predicted molar refractivity (Wildman–Crippen MR) is 88.8 cm³/mol. The fourth-order valence-corrected chi connectivity index (χ4v) is 2.21. The lowest BCUT2D eigenvalue weighted by molar-refractivity contribution is 1.08. The fourth-order valence-electron chi connectivity index (χ4n) is 2.03. The van der Waals surface area contributed by atoms with Gasteiger partial charge in [0.1, 0.15) is 11.0 Å². The number of rotatable bonds is 4. The van der Waals surface area contributed by atoms with Crippen molar-refractivity contribution in [3.05, 3.63) is 71.1 Å². The van der Waals surface area contributed by atoms with E-state index in [1.165, 1.54) is 11.1 Å². The van der Waals surface area contributed by atoms with Crippen LogP contribution in [0.15, 0.2) is 54.9 Å². The third kappa shape index (κ3) is 3.59. The van der Waals surface area contributed by atoms with Crippen molar-refractivity contribution in [2.45, 2.75) is 13.5 Å². The molecule has 0 radical (unpaired) electrons. The molecule has 3 rings (SSSR count). The molecule has 5 heteroatoms. The van der Waals surface area contributed by atoms with Gasteiger partial charge in [0.2, 0.25) is 0 Å². The zero-order chi connectivity index (χ0) is 15.4. The summed E-state index contributed by atoms with van der Waals surface area (Å²) >= 11 is 6.09. The number of hydrogen-bond donors (Lipinski definition) is 1. The summed E-state index contributed by atoms with van der Waals surface area (Å²) in [6, 6.07) is 13.8. The number of nitrogens with zero attached hydrogens (tertiary/aromatic N) is 3. The molecule has 2 heterocycles. The van der Waals surface area contributed by atoms with E-state index in [4.69, 9.17) is 11.6 Å². The Balaban J connectivity index is 1.79. The monoisotopic (exact) mass is 310 g/mol. The van der Waals surface area contributed by atoms with Crippen LogP contribution in [0.3, 0.4) is 0 Å². The van der Waals surface area contributed by atoms with Crippen LogP contribution in [0.4, 0.5) is 5.82 Å². The molecule has 1 aromatic carbocycles. The van der Waals surface area contributed by atoms with Crippen molar-refractivity contribution in [1.82, 2.24) is 15.0 Å². The Morgan fingerprint density at radius 2 is 1.91 bits per heavy atom. The Morgan fingerprint density at radius 1 is 1.09 bits per heavy atom. The van der Waals surface area contributed by atoms with Gasteiger partial charge in [0.05, 0.1) is 0 Å². The number of halogens is 1. The number of aryl methyl sites for hydroxylation is 1. The minimum absolute atomic E-state index is 0.403. The van der Waals surface area contributed by atoms with Gasteiger partial charge in [0.25, 0.3) is 0 Å². The first kappa shape index (κ1) is 14.5. The van der Waals surface area contributed by atoms with E-state index < -0.39 is 0 Å². The van der Waals surface area contributed by atoms with Crippen LogP contribution >= 0.6 is 11.6 Å². The van der Waals surface area contributed by atoms with E-state index in [-0.39, 0.29) is 0 Å². The van der Waals surface area contributed by atoms with Crippen LogP contribution in [0.25, 0.3) is 11.4 Å². The van der Waals surface area contributed by atoms with E-state index in [9.17, 15) is 0 Å². The highest BCUT2D eigenvalue weighted by atomic mass is 35.5. The van der Waals surface area contributed by atoms with Crippen molar-refractivity contribution in [3.8, 4) is 11.4 Å². The summed E-state index contributed by atoms with van der Waals surface area (Å²) in [4.78, 5) is 12.8. The number of nitrogens with one attached hydrogen (secondary N) is 1. The van der Waals surface area contributed by atoms with E-state index in [1.807, 2.05) is 12.1 Å². The van der Waals surface area contributed by atoms with Gasteiger partial charge in [0, 0.05) is 30.6 Å². The Bertz CT molecular complexity index is 757. The second-order valence-corrected chi connectivity index (χ2v) is 5.37. The highest BCUT2D eigenvalue weighted by molar-refractivity contribution is 6.29.